The van der Waals surface area contributed by atoms with Crippen molar-refractivity contribution in [2.45, 2.75) is 25.9 Å². The van der Waals surface area contributed by atoms with E-state index in [4.69, 9.17) is 0 Å². The molecule has 0 spiro atoms. The molecule has 4 aromatic rings. The van der Waals surface area contributed by atoms with Crippen molar-refractivity contribution in [3.05, 3.63) is 156 Å². The second kappa shape index (κ2) is 23.5. The molecule has 2 fully saturated rings. The fourth-order valence-corrected chi connectivity index (χ4v) is 6.83. The van der Waals surface area contributed by atoms with Crippen molar-refractivity contribution in [3.63, 3.8) is 0 Å². The van der Waals surface area contributed by atoms with Crippen LogP contribution in [0.25, 0.3) is 0 Å². The van der Waals surface area contributed by atoms with Gasteiger partial charge in [0.2, 0.25) is 0 Å². The summed E-state index contributed by atoms with van der Waals surface area (Å²) in [4.78, 5) is 21.7. The van der Waals surface area contributed by atoms with Gasteiger partial charge in [-0.25, -0.2) is 5.43 Å². The van der Waals surface area contributed by atoms with E-state index < -0.39 is 0 Å². The van der Waals surface area contributed by atoms with Gasteiger partial charge in [-0.15, -0.1) is 13.2 Å². The van der Waals surface area contributed by atoms with Gasteiger partial charge >= 0.3 is 0 Å². The number of phenolic OH excluding ortho intramolecular Hbond substituents is 2. The van der Waals surface area contributed by atoms with E-state index in [-0.39, 0.29) is 17.4 Å². The van der Waals surface area contributed by atoms with E-state index in [1.807, 2.05) is 36.4 Å². The van der Waals surface area contributed by atoms with Crippen molar-refractivity contribution in [3.8, 4) is 11.5 Å². The van der Waals surface area contributed by atoms with Crippen LogP contribution in [0.3, 0.4) is 0 Å². The maximum atomic E-state index is 12.2. The summed E-state index contributed by atoms with van der Waals surface area (Å²) in [5, 5.41) is 28.7. The molecule has 0 saturated carbocycles. The predicted octanol–water partition coefficient (Wildman–Crippen LogP) is 5.25. The van der Waals surface area contributed by atoms with Crippen LogP contribution >= 0.6 is 0 Å². The number of aromatic hydroxyl groups is 2. The summed E-state index contributed by atoms with van der Waals surface area (Å²) in [7, 11) is 0. The zero-order valence-electron chi connectivity index (χ0n) is 33.1. The number of rotatable bonds is 17. The van der Waals surface area contributed by atoms with Crippen molar-refractivity contribution in [1.82, 2.24) is 30.5 Å². The standard InChI is InChI=1S/C23H28N4O2.C23H30N4O/c1-2-7-20-10-6-11-21(23(20)29)16-24-25-22(28)18-27-14-12-26(13-15-27)17-19-8-4-3-5-9-19;1-2-7-21-10-6-11-22(23(21)28)18-25-24-12-13-26-14-16-27(17-15-26)19-20-8-4-3-5-9-20/h2-6,8-11,16,29H,1,7,12-15,17-18H2,(H,25,28);2-6,8-11,18,24,28H,1,7,12-17,19H2/b24-16+;25-18+. The lowest BCUT2D eigenvalue weighted by Crippen LogP contribution is -2.48. The van der Waals surface area contributed by atoms with Crippen LogP contribution in [0.2, 0.25) is 0 Å². The number of amides is 1. The lowest BCUT2D eigenvalue weighted by Gasteiger charge is -2.34. The third kappa shape index (κ3) is 14.5. The first kappa shape index (κ1) is 42.6. The number of para-hydroxylation sites is 2. The summed E-state index contributed by atoms with van der Waals surface area (Å²) in [5.41, 5.74) is 11.3. The molecule has 11 nitrogen and oxygen atoms in total. The van der Waals surface area contributed by atoms with Gasteiger partial charge in [-0.1, -0.05) is 97.1 Å². The number of hydrazone groups is 2. The maximum absolute atomic E-state index is 12.2. The second-order valence-corrected chi connectivity index (χ2v) is 14.3. The number of nitrogens with zero attached hydrogens (tertiary/aromatic N) is 6. The number of hydrogen-bond acceptors (Lipinski definition) is 10. The van der Waals surface area contributed by atoms with Crippen LogP contribution < -0.4 is 10.9 Å². The largest absolute Gasteiger partial charge is 0.507 e. The monoisotopic (exact) mass is 770 g/mol. The molecule has 2 aliphatic heterocycles. The van der Waals surface area contributed by atoms with Crippen LogP contribution in [-0.4, -0.2) is 120 Å². The van der Waals surface area contributed by atoms with Crippen LogP contribution in [0, 0.1) is 0 Å². The second-order valence-electron chi connectivity index (χ2n) is 14.3. The zero-order valence-corrected chi connectivity index (χ0v) is 33.1. The minimum atomic E-state index is -0.153. The molecule has 0 radical (unpaired) electrons. The fraction of sp³-hybridized carbons (Fsp3) is 0.326. The Kier molecular flexibility index (Phi) is 17.5. The van der Waals surface area contributed by atoms with E-state index >= 15 is 0 Å². The van der Waals surface area contributed by atoms with Gasteiger partial charge in [0.1, 0.15) is 11.5 Å². The van der Waals surface area contributed by atoms with Gasteiger partial charge in [0, 0.05) is 89.7 Å². The molecule has 0 aromatic heterocycles. The Morgan fingerprint density at radius 3 is 1.54 bits per heavy atom. The first-order chi connectivity index (χ1) is 27.9. The highest BCUT2D eigenvalue weighted by molar-refractivity contribution is 5.86. The van der Waals surface area contributed by atoms with Gasteiger partial charge in [-0.05, 0) is 47.2 Å². The highest BCUT2D eigenvalue weighted by Crippen LogP contribution is 2.22. The molecular weight excluding hydrogens is 713 g/mol. The van der Waals surface area contributed by atoms with E-state index in [1.165, 1.54) is 17.3 Å². The number of piperazine rings is 2. The summed E-state index contributed by atoms with van der Waals surface area (Å²) in [5.74, 6) is 0.293. The van der Waals surface area contributed by atoms with Crippen molar-refractivity contribution in [1.29, 1.82) is 0 Å². The Labute approximate surface area is 338 Å². The van der Waals surface area contributed by atoms with Gasteiger partial charge in [0.25, 0.3) is 5.91 Å². The topological polar surface area (TPSA) is 119 Å². The Balaban J connectivity index is 0.000000218. The van der Waals surface area contributed by atoms with E-state index in [2.05, 4.69) is 108 Å². The highest BCUT2D eigenvalue weighted by atomic mass is 16.3. The molecule has 300 valence electrons. The first-order valence-corrected chi connectivity index (χ1v) is 19.8. The smallest absolute Gasteiger partial charge is 0.254 e. The van der Waals surface area contributed by atoms with Crippen LogP contribution in [0.15, 0.2) is 133 Å². The summed E-state index contributed by atoms with van der Waals surface area (Å²) >= 11 is 0. The van der Waals surface area contributed by atoms with Crippen LogP contribution in [-0.2, 0) is 30.7 Å². The molecule has 2 saturated heterocycles. The number of allylic oxidation sites excluding steroid dienone is 2. The molecule has 0 unspecified atom stereocenters. The van der Waals surface area contributed by atoms with Crippen LogP contribution in [0.1, 0.15) is 33.4 Å². The quantitative estimate of drug-likeness (QED) is 0.0498. The number of carbonyl (C=O) groups is 1. The number of benzene rings is 4. The lowest BCUT2D eigenvalue weighted by atomic mass is 10.1. The Hall–Kier alpha value is -5.59. The fourth-order valence-electron chi connectivity index (χ4n) is 6.83. The molecule has 0 atom stereocenters. The summed E-state index contributed by atoms with van der Waals surface area (Å²) < 4.78 is 0. The SMILES string of the molecule is C=CCc1cccc(/C=N/NC(=O)CN2CCN(Cc3ccccc3)CC2)c1O.C=CCc1cccc(/C=N/NCCN2CCN(Cc3ccccc3)CC2)c1O. The molecule has 2 heterocycles. The van der Waals surface area contributed by atoms with Crippen LogP contribution in [0.4, 0.5) is 0 Å². The Bertz CT molecular complexity index is 1890. The van der Waals surface area contributed by atoms with Crippen molar-refractivity contribution < 1.29 is 15.0 Å². The number of nitrogens with one attached hydrogen (secondary N) is 2. The molecule has 4 aromatic carbocycles. The van der Waals surface area contributed by atoms with E-state index in [0.29, 0.717) is 24.9 Å². The molecule has 6 rings (SSSR count). The zero-order chi connectivity index (χ0) is 40.1. The van der Waals surface area contributed by atoms with E-state index in [1.54, 1.807) is 24.4 Å². The molecule has 1 amide bonds. The molecule has 2 aliphatic rings. The van der Waals surface area contributed by atoms with Gasteiger partial charge < -0.3 is 15.6 Å². The van der Waals surface area contributed by atoms with Gasteiger partial charge in [-0.2, -0.15) is 10.2 Å². The number of phenols is 2. The van der Waals surface area contributed by atoms with Crippen LogP contribution in [0.5, 0.6) is 11.5 Å². The first-order valence-electron chi connectivity index (χ1n) is 19.8. The third-order valence-electron chi connectivity index (χ3n) is 10.1. The van der Waals surface area contributed by atoms with Gasteiger partial charge in [0.05, 0.1) is 19.0 Å². The maximum Gasteiger partial charge on any atom is 0.254 e. The molecule has 0 bridgehead atoms. The normalized spacial score (nSPS) is 15.6. The third-order valence-corrected chi connectivity index (χ3v) is 10.1. The Morgan fingerprint density at radius 1 is 0.596 bits per heavy atom. The predicted molar refractivity (Wildman–Crippen MR) is 232 cm³/mol. The summed E-state index contributed by atoms with van der Waals surface area (Å²) in [6.45, 7) is 19.4. The highest BCUT2D eigenvalue weighted by Gasteiger charge is 2.19. The molecular formula is C46H58N8O3. The minimum absolute atomic E-state index is 0.153. The molecule has 11 heteroatoms. The number of hydrogen-bond donors (Lipinski definition) is 4. The lowest BCUT2D eigenvalue weighted by molar-refractivity contribution is -0.122. The van der Waals surface area contributed by atoms with Gasteiger partial charge in [-0.3, -0.25) is 24.4 Å². The average molecular weight is 771 g/mol. The Morgan fingerprint density at radius 2 is 1.05 bits per heavy atom. The summed E-state index contributed by atoms with van der Waals surface area (Å²) in [6, 6.07) is 32.2. The minimum Gasteiger partial charge on any atom is -0.507 e. The molecule has 0 aliphatic carbocycles. The van der Waals surface area contributed by atoms with Crippen molar-refractivity contribution >= 4 is 18.3 Å². The average Bonchev–Trinajstić information content (AvgIpc) is 3.23. The molecule has 4 N–H and O–H groups in total. The summed E-state index contributed by atoms with van der Waals surface area (Å²) in [6.07, 6.45) is 7.90. The van der Waals surface area contributed by atoms with Crippen molar-refractivity contribution in [2.24, 2.45) is 10.2 Å². The van der Waals surface area contributed by atoms with E-state index in [0.717, 1.165) is 95.2 Å². The van der Waals surface area contributed by atoms with Gasteiger partial charge in [0.15, 0.2) is 0 Å². The van der Waals surface area contributed by atoms with E-state index in [9.17, 15) is 15.0 Å². The van der Waals surface area contributed by atoms with Crippen molar-refractivity contribution in [2.75, 3.05) is 72.0 Å². The number of carbonyl (C=O) groups excluding carboxylic acids is 1. The molecule has 57 heavy (non-hydrogen) atoms.